The van der Waals surface area contributed by atoms with Gasteiger partial charge in [0.15, 0.2) is 0 Å². The molecule has 0 amide bonds. The molecule has 2 heteroatoms. The molecule has 4 aromatic rings. The Morgan fingerprint density at radius 3 is 2.52 bits per heavy atom. The molecule has 1 heterocycles. The van der Waals surface area contributed by atoms with Gasteiger partial charge in [0, 0.05) is 22.0 Å². The van der Waals surface area contributed by atoms with Crippen LogP contribution < -0.4 is 0 Å². The van der Waals surface area contributed by atoms with Crippen LogP contribution in [-0.2, 0) is 5.41 Å². The van der Waals surface area contributed by atoms with E-state index in [0.29, 0.717) is 0 Å². The Bertz CT molecular complexity index is 1250. The average molecular weight is 396 g/mol. The van der Waals surface area contributed by atoms with Gasteiger partial charge >= 0.3 is 0 Å². The van der Waals surface area contributed by atoms with Gasteiger partial charge in [-0.15, -0.1) is 0 Å². The maximum absolute atomic E-state index is 6.45. The van der Waals surface area contributed by atoms with Crippen molar-refractivity contribution in [3.63, 3.8) is 0 Å². The molecular formula is C27H22ClN. The van der Waals surface area contributed by atoms with E-state index >= 15 is 0 Å². The van der Waals surface area contributed by atoms with Crippen molar-refractivity contribution >= 4 is 22.5 Å². The Hall–Kier alpha value is -2.64. The number of aromatic nitrogens is 1. The number of hydrogen-bond donors (Lipinski definition) is 0. The topological polar surface area (TPSA) is 12.9 Å². The number of fused-ring (bicyclic) bond motifs is 6. The van der Waals surface area contributed by atoms with Crippen molar-refractivity contribution in [1.29, 1.82) is 0 Å². The van der Waals surface area contributed by atoms with E-state index in [-0.39, 0.29) is 5.41 Å². The summed E-state index contributed by atoms with van der Waals surface area (Å²) in [5.41, 5.74) is 9.39. The SMILES string of the molecule is Clc1ccc2c(c1)C1(CCCCC1)c1ccc(-c3cccc4ncccc34)cc1-2. The Kier molecular flexibility index (Phi) is 3.82. The summed E-state index contributed by atoms with van der Waals surface area (Å²) in [4.78, 5) is 4.54. The summed E-state index contributed by atoms with van der Waals surface area (Å²) in [6.45, 7) is 0. The van der Waals surface area contributed by atoms with Crippen LogP contribution in [0.1, 0.15) is 43.2 Å². The molecule has 0 bridgehead atoms. The van der Waals surface area contributed by atoms with Gasteiger partial charge < -0.3 is 0 Å². The molecule has 29 heavy (non-hydrogen) atoms. The molecule has 0 radical (unpaired) electrons. The van der Waals surface area contributed by atoms with Gasteiger partial charge in [-0.25, -0.2) is 0 Å². The summed E-state index contributed by atoms with van der Waals surface area (Å²) < 4.78 is 0. The van der Waals surface area contributed by atoms with Gasteiger partial charge in [-0.2, -0.15) is 0 Å². The lowest BCUT2D eigenvalue weighted by atomic mass is 9.68. The molecular weight excluding hydrogens is 374 g/mol. The summed E-state index contributed by atoms with van der Waals surface area (Å²) in [5, 5.41) is 2.05. The molecule has 0 saturated heterocycles. The molecule has 1 aromatic heterocycles. The first-order valence-electron chi connectivity index (χ1n) is 10.6. The van der Waals surface area contributed by atoms with E-state index in [1.807, 2.05) is 18.3 Å². The minimum Gasteiger partial charge on any atom is -0.256 e. The Morgan fingerprint density at radius 1 is 0.724 bits per heavy atom. The lowest BCUT2D eigenvalue weighted by molar-refractivity contribution is 0.353. The summed E-state index contributed by atoms with van der Waals surface area (Å²) in [6, 6.07) is 24.2. The van der Waals surface area contributed by atoms with Crippen LogP contribution in [-0.4, -0.2) is 4.98 Å². The van der Waals surface area contributed by atoms with Gasteiger partial charge in [0.1, 0.15) is 0 Å². The summed E-state index contributed by atoms with van der Waals surface area (Å²) in [6.07, 6.45) is 8.25. The first-order chi connectivity index (χ1) is 14.3. The zero-order chi connectivity index (χ0) is 19.4. The van der Waals surface area contributed by atoms with E-state index in [0.717, 1.165) is 10.5 Å². The highest BCUT2D eigenvalue weighted by atomic mass is 35.5. The van der Waals surface area contributed by atoms with E-state index in [1.54, 1.807) is 0 Å². The third kappa shape index (κ3) is 2.50. The fourth-order valence-corrected chi connectivity index (χ4v) is 5.87. The Labute approximate surface area is 176 Å². The van der Waals surface area contributed by atoms with Crippen molar-refractivity contribution in [2.24, 2.45) is 0 Å². The molecule has 1 nitrogen and oxygen atoms in total. The summed E-state index contributed by atoms with van der Waals surface area (Å²) in [5.74, 6) is 0. The predicted octanol–water partition coefficient (Wildman–Crippen LogP) is 7.79. The fourth-order valence-electron chi connectivity index (χ4n) is 5.69. The predicted molar refractivity (Wildman–Crippen MR) is 121 cm³/mol. The molecule has 1 spiro atoms. The van der Waals surface area contributed by atoms with Gasteiger partial charge in [0.05, 0.1) is 5.52 Å². The maximum Gasteiger partial charge on any atom is 0.0708 e. The zero-order valence-corrected chi connectivity index (χ0v) is 17.0. The minimum atomic E-state index is 0.145. The molecule has 2 aliphatic carbocycles. The van der Waals surface area contributed by atoms with Crippen LogP contribution >= 0.6 is 11.6 Å². The molecule has 2 aliphatic rings. The minimum absolute atomic E-state index is 0.145. The van der Waals surface area contributed by atoms with Gasteiger partial charge in [-0.1, -0.05) is 67.3 Å². The fraction of sp³-hybridized carbons (Fsp3) is 0.222. The van der Waals surface area contributed by atoms with E-state index in [4.69, 9.17) is 11.6 Å². The number of benzene rings is 3. The molecule has 1 fully saturated rings. The largest absolute Gasteiger partial charge is 0.256 e. The number of rotatable bonds is 1. The van der Waals surface area contributed by atoms with Crippen molar-refractivity contribution in [1.82, 2.24) is 4.98 Å². The standard InChI is InChI=1S/C27H22ClN/c28-19-10-11-21-23-16-18(20-6-4-8-26-22(20)7-5-15-29-26)9-12-24(23)27(25(21)17-19)13-2-1-3-14-27/h4-12,15-17H,1-3,13-14H2. The smallest absolute Gasteiger partial charge is 0.0708 e. The molecule has 6 rings (SSSR count). The van der Waals surface area contributed by atoms with Gasteiger partial charge in [-0.05, 0) is 76.6 Å². The number of halogens is 1. The van der Waals surface area contributed by atoms with E-state index in [9.17, 15) is 0 Å². The lowest BCUT2D eigenvalue weighted by Crippen LogP contribution is -2.28. The third-order valence-electron chi connectivity index (χ3n) is 6.99. The second-order valence-corrected chi connectivity index (χ2v) is 8.91. The molecule has 0 aliphatic heterocycles. The average Bonchev–Trinajstić information content (AvgIpc) is 3.02. The van der Waals surface area contributed by atoms with Crippen molar-refractivity contribution in [3.8, 4) is 22.3 Å². The second kappa shape index (κ2) is 6.43. The van der Waals surface area contributed by atoms with Gasteiger partial charge in [0.25, 0.3) is 0 Å². The number of pyridine rings is 1. The third-order valence-corrected chi connectivity index (χ3v) is 7.22. The van der Waals surface area contributed by atoms with E-state index in [2.05, 4.69) is 59.6 Å². The normalized spacial score (nSPS) is 16.7. The monoisotopic (exact) mass is 395 g/mol. The molecule has 0 atom stereocenters. The molecule has 1 saturated carbocycles. The van der Waals surface area contributed by atoms with Crippen LogP contribution in [0.15, 0.2) is 72.9 Å². The van der Waals surface area contributed by atoms with Crippen molar-refractivity contribution in [3.05, 3.63) is 89.1 Å². The van der Waals surface area contributed by atoms with Crippen molar-refractivity contribution < 1.29 is 0 Å². The zero-order valence-electron chi connectivity index (χ0n) is 16.3. The number of nitrogens with zero attached hydrogens (tertiary/aromatic N) is 1. The second-order valence-electron chi connectivity index (χ2n) is 8.47. The highest BCUT2D eigenvalue weighted by Gasteiger charge is 2.43. The first-order valence-corrected chi connectivity index (χ1v) is 10.9. The summed E-state index contributed by atoms with van der Waals surface area (Å²) >= 11 is 6.45. The van der Waals surface area contributed by atoms with Crippen LogP contribution in [0.25, 0.3) is 33.2 Å². The quantitative estimate of drug-likeness (QED) is 0.320. The molecule has 0 unspecified atom stereocenters. The van der Waals surface area contributed by atoms with Crippen molar-refractivity contribution in [2.75, 3.05) is 0 Å². The maximum atomic E-state index is 6.45. The van der Waals surface area contributed by atoms with Crippen molar-refractivity contribution in [2.45, 2.75) is 37.5 Å². The highest BCUT2D eigenvalue weighted by Crippen LogP contribution is 2.56. The molecule has 0 N–H and O–H groups in total. The van der Waals surface area contributed by atoms with Crippen LogP contribution in [0.5, 0.6) is 0 Å². The van der Waals surface area contributed by atoms with Gasteiger partial charge in [-0.3, -0.25) is 4.98 Å². The van der Waals surface area contributed by atoms with Gasteiger partial charge in [0.2, 0.25) is 0 Å². The van der Waals surface area contributed by atoms with E-state index in [1.165, 1.54) is 70.9 Å². The Balaban J connectivity index is 1.60. The first kappa shape index (κ1) is 17.2. The molecule has 3 aromatic carbocycles. The van der Waals surface area contributed by atoms with Crippen LogP contribution in [0.2, 0.25) is 5.02 Å². The van der Waals surface area contributed by atoms with Crippen LogP contribution in [0, 0.1) is 0 Å². The van der Waals surface area contributed by atoms with Crippen LogP contribution in [0.3, 0.4) is 0 Å². The summed E-state index contributed by atoms with van der Waals surface area (Å²) in [7, 11) is 0. The lowest BCUT2D eigenvalue weighted by Gasteiger charge is -2.36. The number of hydrogen-bond acceptors (Lipinski definition) is 1. The highest BCUT2D eigenvalue weighted by molar-refractivity contribution is 6.30. The van der Waals surface area contributed by atoms with E-state index < -0.39 is 0 Å². The Morgan fingerprint density at radius 2 is 1.62 bits per heavy atom. The molecule has 142 valence electrons. The van der Waals surface area contributed by atoms with Crippen LogP contribution in [0.4, 0.5) is 0 Å².